The van der Waals surface area contributed by atoms with Crippen molar-refractivity contribution in [3.63, 3.8) is 0 Å². The molecule has 2 rings (SSSR count). The van der Waals surface area contributed by atoms with Crippen LogP contribution in [0.1, 0.15) is 11.1 Å². The maximum atomic E-state index is 13.4. The van der Waals surface area contributed by atoms with Gasteiger partial charge in [0.15, 0.2) is 5.78 Å². The highest BCUT2D eigenvalue weighted by Gasteiger charge is 2.09. The fourth-order valence-corrected chi connectivity index (χ4v) is 1.84. The van der Waals surface area contributed by atoms with Crippen molar-refractivity contribution in [2.75, 3.05) is 0 Å². The van der Waals surface area contributed by atoms with Crippen molar-refractivity contribution in [2.24, 2.45) is 0 Å². The molecule has 0 N–H and O–H groups in total. The van der Waals surface area contributed by atoms with Gasteiger partial charge in [-0.1, -0.05) is 18.2 Å². The van der Waals surface area contributed by atoms with Crippen LogP contribution in [0, 0.1) is 12.7 Å². The van der Waals surface area contributed by atoms with E-state index in [0.29, 0.717) is 5.56 Å². The minimum Gasteiger partial charge on any atom is -0.308 e. The van der Waals surface area contributed by atoms with Crippen LogP contribution in [0.5, 0.6) is 0 Å². The molecule has 0 spiro atoms. The molecule has 0 radical (unpaired) electrons. The monoisotopic (exact) mass is 259 g/mol. The number of carbonyl (C=O) groups excluding carboxylic acids is 1. The Bertz CT molecular complexity index is 661. The zero-order valence-electron chi connectivity index (χ0n) is 10.6. The lowest BCUT2D eigenvalue weighted by atomic mass is 10.1. The number of ketones is 1. The van der Waals surface area contributed by atoms with E-state index in [0.717, 1.165) is 5.56 Å². The summed E-state index contributed by atoms with van der Waals surface area (Å²) in [6, 6.07) is 9.39. The van der Waals surface area contributed by atoms with Gasteiger partial charge in [0, 0.05) is 18.7 Å². The molecule has 0 bridgehead atoms. The number of halogens is 1. The van der Waals surface area contributed by atoms with Gasteiger partial charge in [0.05, 0.1) is 6.54 Å². The first-order chi connectivity index (χ1) is 9.06. The molecule has 0 unspecified atom stereocenters. The predicted molar refractivity (Wildman–Crippen MR) is 70.6 cm³/mol. The van der Waals surface area contributed by atoms with Crippen LogP contribution in [0.2, 0.25) is 0 Å². The lowest BCUT2D eigenvalue weighted by Gasteiger charge is -2.06. The van der Waals surface area contributed by atoms with Crippen molar-refractivity contribution in [3.8, 4) is 0 Å². The van der Waals surface area contributed by atoms with E-state index in [-0.39, 0.29) is 24.3 Å². The van der Waals surface area contributed by atoms with Gasteiger partial charge >= 0.3 is 0 Å². The molecule has 1 aromatic heterocycles. The highest BCUT2D eigenvalue weighted by Crippen LogP contribution is 2.07. The number of benzene rings is 1. The number of hydrogen-bond donors (Lipinski definition) is 0. The van der Waals surface area contributed by atoms with Gasteiger partial charge in [-0.15, -0.1) is 0 Å². The van der Waals surface area contributed by atoms with Gasteiger partial charge in [-0.25, -0.2) is 4.39 Å². The third-order valence-corrected chi connectivity index (χ3v) is 2.84. The molecular formula is C15H14FNO2. The standard InChI is InChI=1S/C15H14FNO2/c1-11-6-7-17(15(19)8-11)10-13(18)9-12-4-2-3-5-14(12)16/h2-8H,9-10H2,1H3. The van der Waals surface area contributed by atoms with Crippen molar-refractivity contribution in [1.29, 1.82) is 0 Å². The molecule has 3 nitrogen and oxygen atoms in total. The number of carbonyl (C=O) groups is 1. The second-order valence-electron chi connectivity index (χ2n) is 4.48. The SMILES string of the molecule is Cc1ccn(CC(=O)Cc2ccccc2F)c(=O)c1. The molecule has 0 atom stereocenters. The zero-order valence-corrected chi connectivity index (χ0v) is 10.6. The Morgan fingerprint density at radius 3 is 2.68 bits per heavy atom. The smallest absolute Gasteiger partial charge is 0.251 e. The molecule has 98 valence electrons. The van der Waals surface area contributed by atoms with Crippen LogP contribution in [0.4, 0.5) is 4.39 Å². The first kappa shape index (κ1) is 13.2. The number of aromatic nitrogens is 1. The maximum absolute atomic E-state index is 13.4. The summed E-state index contributed by atoms with van der Waals surface area (Å²) in [5.74, 6) is -0.594. The maximum Gasteiger partial charge on any atom is 0.251 e. The summed E-state index contributed by atoms with van der Waals surface area (Å²) < 4.78 is 14.7. The Morgan fingerprint density at radius 2 is 2.00 bits per heavy atom. The van der Waals surface area contributed by atoms with E-state index in [4.69, 9.17) is 0 Å². The van der Waals surface area contributed by atoms with Crippen molar-refractivity contribution in [3.05, 3.63) is 69.9 Å². The van der Waals surface area contributed by atoms with Crippen LogP contribution in [0.25, 0.3) is 0 Å². The minimum atomic E-state index is -0.396. The molecule has 0 amide bonds. The van der Waals surface area contributed by atoms with E-state index in [9.17, 15) is 14.0 Å². The number of Topliss-reactive ketones (excluding diaryl/α,β-unsaturated/α-hetero) is 1. The van der Waals surface area contributed by atoms with Gasteiger partial charge in [-0.2, -0.15) is 0 Å². The molecule has 0 aliphatic rings. The van der Waals surface area contributed by atoms with Crippen molar-refractivity contribution in [1.82, 2.24) is 4.57 Å². The zero-order chi connectivity index (χ0) is 13.8. The van der Waals surface area contributed by atoms with Gasteiger partial charge in [0.2, 0.25) is 0 Å². The summed E-state index contributed by atoms with van der Waals surface area (Å²) in [6.45, 7) is 1.78. The number of pyridine rings is 1. The molecule has 0 saturated carbocycles. The Kier molecular flexibility index (Phi) is 3.90. The normalized spacial score (nSPS) is 10.4. The van der Waals surface area contributed by atoms with Crippen molar-refractivity contribution in [2.45, 2.75) is 19.9 Å². The molecule has 0 saturated heterocycles. The second-order valence-corrected chi connectivity index (χ2v) is 4.48. The summed E-state index contributed by atoms with van der Waals surface area (Å²) in [6.07, 6.45) is 1.57. The molecule has 1 heterocycles. The summed E-state index contributed by atoms with van der Waals surface area (Å²) in [5, 5.41) is 0. The first-order valence-electron chi connectivity index (χ1n) is 5.98. The van der Waals surface area contributed by atoms with E-state index in [1.807, 2.05) is 6.92 Å². The van der Waals surface area contributed by atoms with E-state index in [1.165, 1.54) is 16.7 Å². The molecule has 1 aromatic carbocycles. The molecule has 4 heteroatoms. The van der Waals surface area contributed by atoms with Crippen molar-refractivity contribution >= 4 is 5.78 Å². The van der Waals surface area contributed by atoms with Crippen LogP contribution in [0.15, 0.2) is 47.4 Å². The molecule has 0 aliphatic carbocycles. The van der Waals surface area contributed by atoms with Gasteiger partial charge in [0.25, 0.3) is 5.56 Å². The molecule has 0 aliphatic heterocycles. The van der Waals surface area contributed by atoms with Crippen LogP contribution in [0.3, 0.4) is 0 Å². The third kappa shape index (κ3) is 3.37. The highest BCUT2D eigenvalue weighted by atomic mass is 19.1. The fraction of sp³-hybridized carbons (Fsp3) is 0.200. The predicted octanol–water partition coefficient (Wildman–Crippen LogP) is 2.11. The number of hydrogen-bond acceptors (Lipinski definition) is 2. The molecule has 0 fully saturated rings. The number of nitrogens with zero attached hydrogens (tertiary/aromatic N) is 1. The Labute approximate surface area is 110 Å². The average Bonchev–Trinajstić information content (AvgIpc) is 2.36. The summed E-state index contributed by atoms with van der Waals surface area (Å²) in [5.41, 5.74) is 0.984. The van der Waals surface area contributed by atoms with E-state index < -0.39 is 5.82 Å². The number of aryl methyl sites for hydroxylation is 1. The highest BCUT2D eigenvalue weighted by molar-refractivity contribution is 5.80. The lowest BCUT2D eigenvalue weighted by Crippen LogP contribution is -2.24. The van der Waals surface area contributed by atoms with Crippen LogP contribution in [-0.2, 0) is 17.8 Å². The Hall–Kier alpha value is -2.23. The van der Waals surface area contributed by atoms with Crippen molar-refractivity contribution < 1.29 is 9.18 Å². The van der Waals surface area contributed by atoms with E-state index >= 15 is 0 Å². The molecule has 19 heavy (non-hydrogen) atoms. The second kappa shape index (κ2) is 5.61. The van der Waals surface area contributed by atoms with Gasteiger partial charge in [-0.05, 0) is 30.2 Å². The summed E-state index contributed by atoms with van der Waals surface area (Å²) in [4.78, 5) is 23.5. The van der Waals surface area contributed by atoms with Crippen LogP contribution in [-0.4, -0.2) is 10.4 Å². The van der Waals surface area contributed by atoms with E-state index in [1.54, 1.807) is 30.5 Å². The summed E-state index contributed by atoms with van der Waals surface area (Å²) >= 11 is 0. The van der Waals surface area contributed by atoms with Crippen LogP contribution < -0.4 is 5.56 Å². The lowest BCUT2D eigenvalue weighted by molar-refractivity contribution is -0.119. The quantitative estimate of drug-likeness (QED) is 0.843. The fourth-order valence-electron chi connectivity index (χ4n) is 1.84. The first-order valence-corrected chi connectivity index (χ1v) is 5.98. The summed E-state index contributed by atoms with van der Waals surface area (Å²) in [7, 11) is 0. The minimum absolute atomic E-state index is 0.00695. The molecule has 2 aromatic rings. The molecular weight excluding hydrogens is 245 g/mol. The van der Waals surface area contributed by atoms with E-state index in [2.05, 4.69) is 0 Å². The van der Waals surface area contributed by atoms with Gasteiger partial charge in [-0.3, -0.25) is 9.59 Å². The Morgan fingerprint density at radius 1 is 1.26 bits per heavy atom. The largest absolute Gasteiger partial charge is 0.308 e. The van der Waals surface area contributed by atoms with Gasteiger partial charge < -0.3 is 4.57 Å². The third-order valence-electron chi connectivity index (χ3n) is 2.84. The van der Waals surface area contributed by atoms with Gasteiger partial charge in [0.1, 0.15) is 5.82 Å². The average molecular weight is 259 g/mol. The van der Waals surface area contributed by atoms with Crippen LogP contribution >= 0.6 is 0 Å². The Balaban J connectivity index is 2.10. The number of rotatable bonds is 4. The topological polar surface area (TPSA) is 39.1 Å².